The highest BCUT2D eigenvalue weighted by Gasteiger charge is 2.32. The lowest BCUT2D eigenvalue weighted by Gasteiger charge is -2.32. The van der Waals surface area contributed by atoms with E-state index >= 15 is 0 Å². The molecule has 0 bridgehead atoms. The molecule has 3 aromatic carbocycles. The fraction of sp³-hybridized carbons (Fsp3) is 0.333. The van der Waals surface area contributed by atoms with E-state index in [2.05, 4.69) is 5.32 Å². The number of carbonyl (C=O) groups is 2. The van der Waals surface area contributed by atoms with Gasteiger partial charge in [0.15, 0.2) is 0 Å². The number of hydrogen-bond donors (Lipinski definition) is 1. The molecule has 3 rings (SSSR count). The smallest absolute Gasteiger partial charge is 0.264 e. The maximum Gasteiger partial charge on any atom is 0.264 e. The van der Waals surface area contributed by atoms with Crippen molar-refractivity contribution in [3.8, 4) is 5.75 Å². The van der Waals surface area contributed by atoms with Crippen LogP contribution in [0.15, 0.2) is 77.7 Å². The Morgan fingerprint density at radius 1 is 0.925 bits per heavy atom. The highest BCUT2D eigenvalue weighted by molar-refractivity contribution is 7.92. The number of anilines is 1. The Morgan fingerprint density at radius 2 is 1.52 bits per heavy atom. The van der Waals surface area contributed by atoms with Gasteiger partial charge in [-0.25, -0.2) is 8.42 Å². The maximum absolute atomic E-state index is 13.9. The van der Waals surface area contributed by atoms with E-state index in [4.69, 9.17) is 16.3 Å². The van der Waals surface area contributed by atoms with Gasteiger partial charge in [-0.05, 0) is 73.9 Å². The third-order valence-electron chi connectivity index (χ3n) is 6.37. The topological polar surface area (TPSA) is 96.0 Å². The molecular formula is C30H36ClN3O5S. The highest BCUT2D eigenvalue weighted by Crippen LogP contribution is 2.27. The standard InChI is InChI=1S/C30H36ClN3O5S/c1-21(2)18-32-30(36)23(4)33(19-24-8-10-25(31)11-9-24)29(35)20-34(26-12-14-27(39-5)15-13-26)40(37,38)28-16-6-22(3)7-17-28/h6-17,21,23H,18-20H2,1-5H3,(H,32,36)/t23-/m1/s1. The number of nitrogens with zero attached hydrogens (tertiary/aromatic N) is 2. The van der Waals surface area contributed by atoms with Crippen molar-refractivity contribution in [2.24, 2.45) is 5.92 Å². The van der Waals surface area contributed by atoms with Crippen molar-refractivity contribution in [2.45, 2.75) is 45.2 Å². The van der Waals surface area contributed by atoms with Crippen molar-refractivity contribution in [2.75, 3.05) is 24.5 Å². The molecule has 10 heteroatoms. The second kappa shape index (κ2) is 13.7. The molecular weight excluding hydrogens is 550 g/mol. The molecule has 0 saturated heterocycles. The number of rotatable bonds is 12. The van der Waals surface area contributed by atoms with E-state index in [-0.39, 0.29) is 29.0 Å². The van der Waals surface area contributed by atoms with Gasteiger partial charge >= 0.3 is 0 Å². The summed E-state index contributed by atoms with van der Waals surface area (Å²) in [5.41, 5.74) is 1.94. The molecule has 40 heavy (non-hydrogen) atoms. The molecule has 0 saturated carbocycles. The number of benzene rings is 3. The summed E-state index contributed by atoms with van der Waals surface area (Å²) in [6, 6.07) is 18.9. The van der Waals surface area contributed by atoms with Gasteiger partial charge < -0.3 is 15.0 Å². The summed E-state index contributed by atoms with van der Waals surface area (Å²) in [5.74, 6) is -0.0913. The Morgan fingerprint density at radius 3 is 2.08 bits per heavy atom. The van der Waals surface area contributed by atoms with Gasteiger partial charge in [-0.2, -0.15) is 0 Å². The molecule has 214 valence electrons. The lowest BCUT2D eigenvalue weighted by atomic mass is 10.1. The third kappa shape index (κ3) is 7.99. The Bertz CT molecular complexity index is 1390. The number of hydrogen-bond acceptors (Lipinski definition) is 5. The van der Waals surface area contributed by atoms with Gasteiger partial charge in [0.2, 0.25) is 11.8 Å². The molecule has 0 unspecified atom stereocenters. The van der Waals surface area contributed by atoms with Crippen LogP contribution >= 0.6 is 11.6 Å². The molecule has 0 spiro atoms. The fourth-order valence-electron chi connectivity index (χ4n) is 3.94. The average molecular weight is 586 g/mol. The molecule has 0 heterocycles. The summed E-state index contributed by atoms with van der Waals surface area (Å²) in [7, 11) is -2.62. The number of methoxy groups -OCH3 is 1. The van der Waals surface area contributed by atoms with Gasteiger partial charge in [-0.1, -0.05) is 55.3 Å². The van der Waals surface area contributed by atoms with E-state index in [0.717, 1.165) is 15.4 Å². The minimum atomic E-state index is -4.14. The zero-order valence-electron chi connectivity index (χ0n) is 23.4. The van der Waals surface area contributed by atoms with Crippen LogP contribution in [0, 0.1) is 12.8 Å². The SMILES string of the molecule is COc1ccc(N(CC(=O)N(Cc2ccc(Cl)cc2)[C@H](C)C(=O)NCC(C)C)S(=O)(=O)c2ccc(C)cc2)cc1. The Hall–Kier alpha value is -3.56. The van der Waals surface area contributed by atoms with E-state index in [9.17, 15) is 18.0 Å². The first-order valence-electron chi connectivity index (χ1n) is 13.0. The zero-order chi connectivity index (χ0) is 29.4. The molecule has 0 aliphatic rings. The van der Waals surface area contributed by atoms with Crippen molar-refractivity contribution < 1.29 is 22.7 Å². The van der Waals surface area contributed by atoms with Gasteiger partial charge in [0.25, 0.3) is 10.0 Å². The van der Waals surface area contributed by atoms with Crippen LogP contribution in [0.2, 0.25) is 5.02 Å². The maximum atomic E-state index is 13.9. The van der Waals surface area contributed by atoms with Crippen molar-refractivity contribution >= 4 is 39.1 Å². The number of sulfonamides is 1. The second-order valence-corrected chi connectivity index (χ2v) is 12.3. The number of aryl methyl sites for hydroxylation is 1. The minimum absolute atomic E-state index is 0.0497. The molecule has 0 fully saturated rings. The predicted octanol–water partition coefficient (Wildman–Crippen LogP) is 5.04. The van der Waals surface area contributed by atoms with Gasteiger partial charge in [-0.15, -0.1) is 0 Å². The summed E-state index contributed by atoms with van der Waals surface area (Å²) < 4.78 is 34.0. The van der Waals surface area contributed by atoms with Gasteiger partial charge in [-0.3, -0.25) is 13.9 Å². The fourth-order valence-corrected chi connectivity index (χ4v) is 5.48. The average Bonchev–Trinajstić information content (AvgIpc) is 2.94. The van der Waals surface area contributed by atoms with E-state index < -0.39 is 28.5 Å². The van der Waals surface area contributed by atoms with Gasteiger partial charge in [0.05, 0.1) is 17.7 Å². The predicted molar refractivity (Wildman–Crippen MR) is 158 cm³/mol. The number of nitrogens with one attached hydrogen (secondary N) is 1. The van der Waals surface area contributed by atoms with Crippen molar-refractivity contribution in [3.05, 3.63) is 88.9 Å². The molecule has 8 nitrogen and oxygen atoms in total. The zero-order valence-corrected chi connectivity index (χ0v) is 25.0. The first-order chi connectivity index (χ1) is 18.9. The van der Waals surface area contributed by atoms with Crippen molar-refractivity contribution in [1.29, 1.82) is 0 Å². The molecule has 2 amide bonds. The number of amides is 2. The van der Waals surface area contributed by atoms with Crippen LogP contribution in [0.25, 0.3) is 0 Å². The van der Waals surface area contributed by atoms with Crippen LogP contribution in [0.1, 0.15) is 31.9 Å². The summed E-state index contributed by atoms with van der Waals surface area (Å²) in [5, 5.41) is 3.41. The highest BCUT2D eigenvalue weighted by atomic mass is 35.5. The Labute approximate surface area is 241 Å². The number of ether oxygens (including phenoxy) is 1. The quantitative estimate of drug-likeness (QED) is 0.321. The monoisotopic (exact) mass is 585 g/mol. The summed E-state index contributed by atoms with van der Waals surface area (Å²) in [6.45, 7) is 7.48. The Balaban J connectivity index is 2.01. The molecule has 0 aromatic heterocycles. The Kier molecular flexibility index (Phi) is 10.6. The lowest BCUT2D eigenvalue weighted by molar-refractivity contribution is -0.139. The summed E-state index contributed by atoms with van der Waals surface area (Å²) >= 11 is 6.04. The van der Waals surface area contributed by atoms with Crippen LogP contribution in [0.3, 0.4) is 0 Å². The van der Waals surface area contributed by atoms with Gasteiger partial charge in [0, 0.05) is 18.1 Å². The molecule has 0 aliphatic heterocycles. The van der Waals surface area contributed by atoms with Crippen LogP contribution in [0.5, 0.6) is 5.75 Å². The first-order valence-corrected chi connectivity index (χ1v) is 14.8. The van der Waals surface area contributed by atoms with E-state index in [0.29, 0.717) is 17.3 Å². The molecule has 0 radical (unpaired) electrons. The van der Waals surface area contributed by atoms with Crippen LogP contribution in [-0.4, -0.2) is 51.4 Å². The second-order valence-electron chi connectivity index (χ2n) is 9.99. The normalized spacial score (nSPS) is 12.1. The largest absolute Gasteiger partial charge is 0.497 e. The molecule has 1 atom stereocenters. The van der Waals surface area contributed by atoms with Crippen LogP contribution in [-0.2, 0) is 26.2 Å². The van der Waals surface area contributed by atoms with Crippen LogP contribution < -0.4 is 14.4 Å². The molecule has 1 N–H and O–H groups in total. The third-order valence-corrected chi connectivity index (χ3v) is 8.41. The number of carbonyl (C=O) groups excluding carboxylic acids is 2. The van der Waals surface area contributed by atoms with Gasteiger partial charge in [0.1, 0.15) is 18.3 Å². The minimum Gasteiger partial charge on any atom is -0.497 e. The first kappa shape index (κ1) is 31.0. The van der Waals surface area contributed by atoms with E-state index in [1.165, 1.54) is 24.1 Å². The van der Waals surface area contributed by atoms with E-state index in [1.54, 1.807) is 67.6 Å². The molecule has 0 aliphatic carbocycles. The van der Waals surface area contributed by atoms with E-state index in [1.807, 2.05) is 20.8 Å². The summed E-state index contributed by atoms with van der Waals surface area (Å²) in [4.78, 5) is 28.4. The lowest BCUT2D eigenvalue weighted by Crippen LogP contribution is -2.51. The van der Waals surface area contributed by atoms with Crippen molar-refractivity contribution in [3.63, 3.8) is 0 Å². The molecule has 3 aromatic rings. The number of halogens is 1. The van der Waals surface area contributed by atoms with Crippen LogP contribution in [0.4, 0.5) is 5.69 Å². The summed E-state index contributed by atoms with van der Waals surface area (Å²) in [6.07, 6.45) is 0. The van der Waals surface area contributed by atoms with Crippen molar-refractivity contribution in [1.82, 2.24) is 10.2 Å².